The van der Waals surface area contributed by atoms with E-state index in [2.05, 4.69) is 15.9 Å². The molecule has 1 heterocycles. The molecule has 0 atom stereocenters. The zero-order chi connectivity index (χ0) is 13.8. The molecule has 19 heavy (non-hydrogen) atoms. The Balaban J connectivity index is 2.02. The molecule has 0 saturated carbocycles. The molecule has 0 fully saturated rings. The van der Waals surface area contributed by atoms with Crippen LogP contribution in [0.3, 0.4) is 0 Å². The molecule has 0 aliphatic carbocycles. The summed E-state index contributed by atoms with van der Waals surface area (Å²) in [5.41, 5.74) is 2.17. The van der Waals surface area contributed by atoms with Crippen molar-refractivity contribution in [3.05, 3.63) is 62.5 Å². The Morgan fingerprint density at radius 2 is 2.00 bits per heavy atom. The van der Waals surface area contributed by atoms with E-state index in [4.69, 9.17) is 4.74 Å². The summed E-state index contributed by atoms with van der Waals surface area (Å²) in [5.74, 6) is 0.833. The van der Waals surface area contributed by atoms with Gasteiger partial charge in [0.25, 0.3) is 5.56 Å². The molecule has 3 nitrogen and oxygen atoms in total. The van der Waals surface area contributed by atoms with Crippen molar-refractivity contribution < 1.29 is 4.74 Å². The summed E-state index contributed by atoms with van der Waals surface area (Å²) < 4.78 is 7.90. The van der Waals surface area contributed by atoms with Crippen LogP contribution in [0.4, 0.5) is 0 Å². The van der Waals surface area contributed by atoms with Gasteiger partial charge in [0.2, 0.25) is 0 Å². The van der Waals surface area contributed by atoms with E-state index in [1.54, 1.807) is 4.57 Å². The van der Waals surface area contributed by atoms with Crippen LogP contribution in [0.1, 0.15) is 11.1 Å². The van der Waals surface area contributed by atoms with Gasteiger partial charge in [-0.15, -0.1) is 0 Å². The van der Waals surface area contributed by atoms with E-state index in [-0.39, 0.29) is 5.56 Å². The van der Waals surface area contributed by atoms with Crippen molar-refractivity contribution in [3.8, 4) is 5.75 Å². The number of aromatic nitrogens is 1. The fraction of sp³-hybridized carbons (Fsp3) is 0.267. The number of ether oxygens (including phenoxy) is 1. The van der Waals surface area contributed by atoms with Crippen molar-refractivity contribution in [3.63, 3.8) is 0 Å². The summed E-state index contributed by atoms with van der Waals surface area (Å²) in [6.07, 6.45) is 1.84. The first-order chi connectivity index (χ1) is 9.06. The van der Waals surface area contributed by atoms with E-state index in [0.717, 1.165) is 16.9 Å². The lowest BCUT2D eigenvalue weighted by atomic mass is 10.2. The summed E-state index contributed by atoms with van der Waals surface area (Å²) in [6.45, 7) is 4.99. The van der Waals surface area contributed by atoms with Crippen LogP contribution in [0.5, 0.6) is 5.75 Å². The second-order valence-electron chi connectivity index (χ2n) is 4.53. The van der Waals surface area contributed by atoms with E-state index in [1.165, 1.54) is 0 Å². The van der Waals surface area contributed by atoms with Crippen molar-refractivity contribution in [1.82, 2.24) is 4.57 Å². The van der Waals surface area contributed by atoms with Crippen LogP contribution >= 0.6 is 15.9 Å². The second kappa shape index (κ2) is 6.06. The lowest BCUT2D eigenvalue weighted by Gasteiger charge is -2.10. The van der Waals surface area contributed by atoms with Crippen LogP contribution in [0, 0.1) is 13.8 Å². The van der Waals surface area contributed by atoms with Crippen molar-refractivity contribution in [2.24, 2.45) is 0 Å². The fourth-order valence-corrected chi connectivity index (χ4v) is 2.46. The number of benzene rings is 1. The third-order valence-electron chi connectivity index (χ3n) is 2.77. The van der Waals surface area contributed by atoms with Gasteiger partial charge < -0.3 is 9.30 Å². The van der Waals surface area contributed by atoms with Crippen LogP contribution in [0.25, 0.3) is 0 Å². The molecule has 2 rings (SSSR count). The molecule has 0 saturated heterocycles. The van der Waals surface area contributed by atoms with Crippen LogP contribution in [-0.2, 0) is 6.54 Å². The maximum atomic E-state index is 11.9. The second-order valence-corrected chi connectivity index (χ2v) is 5.38. The summed E-state index contributed by atoms with van der Waals surface area (Å²) in [6, 6.07) is 9.70. The highest BCUT2D eigenvalue weighted by molar-refractivity contribution is 9.10. The van der Waals surface area contributed by atoms with E-state index in [9.17, 15) is 4.79 Å². The third kappa shape index (κ3) is 3.70. The minimum Gasteiger partial charge on any atom is -0.492 e. The topological polar surface area (TPSA) is 31.2 Å². The Bertz CT molecular complexity index is 634. The smallest absolute Gasteiger partial charge is 0.264 e. The third-order valence-corrected chi connectivity index (χ3v) is 3.34. The number of hydrogen-bond donors (Lipinski definition) is 0. The number of pyridine rings is 1. The van der Waals surface area contributed by atoms with Gasteiger partial charge >= 0.3 is 0 Å². The minimum absolute atomic E-state index is 0.0292. The van der Waals surface area contributed by atoms with Gasteiger partial charge in [0.05, 0.1) is 11.0 Å². The highest BCUT2D eigenvalue weighted by Gasteiger charge is 2.02. The minimum atomic E-state index is -0.0292. The zero-order valence-corrected chi connectivity index (χ0v) is 12.6. The summed E-state index contributed by atoms with van der Waals surface area (Å²) in [4.78, 5) is 11.9. The van der Waals surface area contributed by atoms with Gasteiger partial charge in [-0.1, -0.05) is 12.1 Å². The number of nitrogens with zero attached hydrogens (tertiary/aromatic N) is 1. The van der Waals surface area contributed by atoms with Crippen LogP contribution in [0.15, 0.2) is 45.8 Å². The Morgan fingerprint density at radius 1 is 1.21 bits per heavy atom. The van der Waals surface area contributed by atoms with Crippen LogP contribution in [0.2, 0.25) is 0 Å². The molecule has 4 heteroatoms. The first-order valence-electron chi connectivity index (χ1n) is 6.12. The highest BCUT2D eigenvalue weighted by atomic mass is 79.9. The average Bonchev–Trinajstić information content (AvgIpc) is 2.35. The molecule has 0 unspecified atom stereocenters. The number of hydrogen-bond acceptors (Lipinski definition) is 2. The quantitative estimate of drug-likeness (QED) is 0.865. The molecule has 0 aliphatic rings. The van der Waals surface area contributed by atoms with Gasteiger partial charge in [0, 0.05) is 6.20 Å². The lowest BCUT2D eigenvalue weighted by Crippen LogP contribution is -2.23. The summed E-state index contributed by atoms with van der Waals surface area (Å²) in [5, 5.41) is 0. The number of rotatable bonds is 4. The molecule has 0 spiro atoms. The first kappa shape index (κ1) is 13.9. The molecule has 1 aromatic heterocycles. The first-order valence-corrected chi connectivity index (χ1v) is 6.91. The van der Waals surface area contributed by atoms with Crippen molar-refractivity contribution >= 4 is 15.9 Å². The van der Waals surface area contributed by atoms with E-state index in [0.29, 0.717) is 17.6 Å². The normalized spacial score (nSPS) is 10.5. The largest absolute Gasteiger partial charge is 0.492 e. The van der Waals surface area contributed by atoms with Gasteiger partial charge in [-0.05, 0) is 59.1 Å². The van der Waals surface area contributed by atoms with E-state index >= 15 is 0 Å². The van der Waals surface area contributed by atoms with Gasteiger partial charge in [0.15, 0.2) is 0 Å². The molecular formula is C15H16BrNO2. The predicted molar refractivity (Wildman–Crippen MR) is 79.8 cm³/mol. The average molecular weight is 322 g/mol. The van der Waals surface area contributed by atoms with Gasteiger partial charge in [-0.25, -0.2) is 0 Å². The lowest BCUT2D eigenvalue weighted by molar-refractivity contribution is 0.296. The molecule has 2 aromatic rings. The molecular weight excluding hydrogens is 306 g/mol. The Morgan fingerprint density at radius 3 is 2.74 bits per heavy atom. The Labute approximate surface area is 121 Å². The number of aryl methyl sites for hydroxylation is 2. The standard InChI is InChI=1S/C15H16BrNO2/c1-11-4-3-5-13(8-11)19-7-6-17-10-12(2)9-14(16)15(17)18/h3-5,8-10H,6-7H2,1-2H3. The zero-order valence-electron chi connectivity index (χ0n) is 11.0. The van der Waals surface area contributed by atoms with Gasteiger partial charge in [-0.2, -0.15) is 0 Å². The molecule has 0 bridgehead atoms. The van der Waals surface area contributed by atoms with Crippen molar-refractivity contribution in [1.29, 1.82) is 0 Å². The predicted octanol–water partition coefficient (Wildman–Crippen LogP) is 3.31. The molecule has 100 valence electrons. The maximum absolute atomic E-state index is 11.9. The highest BCUT2D eigenvalue weighted by Crippen LogP contribution is 2.12. The van der Waals surface area contributed by atoms with Crippen LogP contribution in [-0.4, -0.2) is 11.2 Å². The summed E-state index contributed by atoms with van der Waals surface area (Å²) >= 11 is 3.27. The Hall–Kier alpha value is -1.55. The molecule has 0 N–H and O–H groups in total. The fourth-order valence-electron chi connectivity index (χ4n) is 1.87. The van der Waals surface area contributed by atoms with Crippen molar-refractivity contribution in [2.45, 2.75) is 20.4 Å². The van der Waals surface area contributed by atoms with Gasteiger partial charge in [-0.3, -0.25) is 4.79 Å². The van der Waals surface area contributed by atoms with E-state index < -0.39 is 0 Å². The Kier molecular flexibility index (Phi) is 4.43. The molecule has 0 amide bonds. The van der Waals surface area contributed by atoms with Crippen LogP contribution < -0.4 is 10.3 Å². The van der Waals surface area contributed by atoms with Crippen molar-refractivity contribution in [2.75, 3.05) is 6.61 Å². The molecule has 0 aliphatic heterocycles. The maximum Gasteiger partial charge on any atom is 0.264 e. The molecule has 1 aromatic carbocycles. The van der Waals surface area contributed by atoms with E-state index in [1.807, 2.05) is 50.4 Å². The molecule has 0 radical (unpaired) electrons. The SMILES string of the molecule is Cc1cccc(OCCn2cc(C)cc(Br)c2=O)c1. The summed E-state index contributed by atoms with van der Waals surface area (Å²) in [7, 11) is 0. The van der Waals surface area contributed by atoms with Gasteiger partial charge in [0.1, 0.15) is 12.4 Å². The monoisotopic (exact) mass is 321 g/mol. The number of halogens is 1.